The van der Waals surface area contributed by atoms with Crippen LogP contribution >= 0.6 is 11.3 Å². The van der Waals surface area contributed by atoms with Crippen LogP contribution in [-0.4, -0.2) is 75.8 Å². The van der Waals surface area contributed by atoms with Gasteiger partial charge in [0.15, 0.2) is 0 Å². The largest absolute Gasteiger partial charge is 0.391 e. The number of carbonyl (C=O) groups is 5. The molecule has 6 N–H and O–H groups in total. The van der Waals surface area contributed by atoms with Crippen molar-refractivity contribution in [3.8, 4) is 21.6 Å². The number of β-amino-alcohol motifs (C(OH)–C–C–N with tert-alkyl or cyclic N) is 1. The normalized spacial score (nSPS) is 16.2. The van der Waals surface area contributed by atoms with Gasteiger partial charge in [0.05, 0.1) is 28.2 Å². The number of likely N-dealkylation sites (tertiary alicyclic amines) is 1. The third-order valence-corrected chi connectivity index (χ3v) is 11.3. The third kappa shape index (κ3) is 12.3. The first kappa shape index (κ1) is 44.7. The van der Waals surface area contributed by atoms with Crippen LogP contribution in [0.1, 0.15) is 101 Å². The van der Waals surface area contributed by atoms with Gasteiger partial charge in [-0.05, 0) is 85.0 Å². The Balaban J connectivity index is 1.07. The van der Waals surface area contributed by atoms with Crippen molar-refractivity contribution in [2.24, 2.45) is 5.41 Å². The van der Waals surface area contributed by atoms with E-state index in [0.717, 1.165) is 39.2 Å². The molecule has 0 aliphatic carbocycles. The highest BCUT2D eigenvalue weighted by atomic mass is 32.1. The van der Waals surface area contributed by atoms with Crippen molar-refractivity contribution in [2.75, 3.05) is 18.4 Å². The van der Waals surface area contributed by atoms with E-state index in [0.29, 0.717) is 30.6 Å². The molecule has 59 heavy (non-hydrogen) atoms. The molecule has 0 saturated carbocycles. The van der Waals surface area contributed by atoms with Crippen LogP contribution in [0.3, 0.4) is 0 Å². The number of nitrogens with zero attached hydrogens (tertiary/aromatic N) is 2. The van der Waals surface area contributed by atoms with Crippen molar-refractivity contribution in [3.63, 3.8) is 0 Å². The predicted octanol–water partition coefficient (Wildman–Crippen LogP) is 6.30. The van der Waals surface area contributed by atoms with E-state index in [1.54, 1.807) is 23.5 Å². The Kier molecular flexibility index (Phi) is 15.5. The van der Waals surface area contributed by atoms with Gasteiger partial charge >= 0.3 is 0 Å². The summed E-state index contributed by atoms with van der Waals surface area (Å²) >= 11 is 1.57. The third-order valence-electron chi connectivity index (χ3n) is 10.3. The Labute approximate surface area is 350 Å². The first-order valence-electron chi connectivity index (χ1n) is 20.3. The molecule has 0 spiro atoms. The number of anilines is 1. The quantitative estimate of drug-likeness (QED) is 0.0530. The van der Waals surface area contributed by atoms with Crippen LogP contribution in [0.2, 0.25) is 0 Å². The second-order valence-corrected chi connectivity index (χ2v) is 17.0. The lowest BCUT2D eigenvalue weighted by molar-refractivity contribution is -0.144. The maximum atomic E-state index is 14.0. The zero-order valence-corrected chi connectivity index (χ0v) is 35.6. The summed E-state index contributed by atoms with van der Waals surface area (Å²) in [6.45, 7) is 12.1. The number of aromatic nitrogens is 1. The average Bonchev–Trinajstić information content (AvgIpc) is 3.83. The van der Waals surface area contributed by atoms with Gasteiger partial charge in [-0.25, -0.2) is 10.4 Å². The zero-order valence-electron chi connectivity index (χ0n) is 34.8. The molecule has 4 unspecified atom stereocenters. The number of benzene rings is 3. The summed E-state index contributed by atoms with van der Waals surface area (Å²) in [7, 11) is 0. The lowest BCUT2D eigenvalue weighted by Crippen LogP contribution is -2.57. The average molecular weight is 824 g/mol. The molecule has 0 bridgehead atoms. The van der Waals surface area contributed by atoms with Gasteiger partial charge < -0.3 is 26.0 Å². The molecule has 2 heterocycles. The van der Waals surface area contributed by atoms with Gasteiger partial charge in [-0.2, -0.15) is 0 Å². The van der Waals surface area contributed by atoms with E-state index in [1.807, 2.05) is 108 Å². The molecule has 5 amide bonds. The van der Waals surface area contributed by atoms with E-state index < -0.39 is 29.5 Å². The maximum absolute atomic E-state index is 14.0. The predicted molar refractivity (Wildman–Crippen MR) is 231 cm³/mol. The van der Waals surface area contributed by atoms with Crippen LogP contribution in [0.4, 0.5) is 5.69 Å². The Morgan fingerprint density at radius 1 is 0.864 bits per heavy atom. The van der Waals surface area contributed by atoms with Crippen LogP contribution in [0.25, 0.3) is 21.6 Å². The zero-order chi connectivity index (χ0) is 42.7. The van der Waals surface area contributed by atoms with Crippen molar-refractivity contribution < 1.29 is 29.1 Å². The molecule has 1 aliphatic heterocycles. The first-order valence-corrected chi connectivity index (χ1v) is 21.1. The number of hydrazine groups is 1. The highest BCUT2D eigenvalue weighted by Crippen LogP contribution is 2.30. The molecule has 4 aromatic rings. The SMILES string of the molecule is CCCNNC(=O)c1ccc(-c2ccc(NC(=O)CCCCC(=O)NC(C(=O)N3CC(O)CC3C(=O)NC(C)c3ccc(-c4scnc4C)cc3)C(C)(C)C)cc2)cc1. The van der Waals surface area contributed by atoms with E-state index in [-0.39, 0.29) is 55.5 Å². The van der Waals surface area contributed by atoms with Crippen LogP contribution in [0.5, 0.6) is 0 Å². The van der Waals surface area contributed by atoms with E-state index in [1.165, 1.54) is 4.90 Å². The Morgan fingerprint density at radius 3 is 2.07 bits per heavy atom. The molecular weight excluding hydrogens is 767 g/mol. The molecule has 3 aromatic carbocycles. The smallest absolute Gasteiger partial charge is 0.265 e. The van der Waals surface area contributed by atoms with Crippen LogP contribution < -0.4 is 26.8 Å². The molecule has 1 fully saturated rings. The van der Waals surface area contributed by atoms with Gasteiger partial charge in [0, 0.05) is 43.6 Å². The van der Waals surface area contributed by atoms with Crippen molar-refractivity contribution >= 4 is 46.6 Å². The van der Waals surface area contributed by atoms with Crippen molar-refractivity contribution in [1.82, 2.24) is 31.4 Å². The van der Waals surface area contributed by atoms with E-state index in [2.05, 4.69) is 31.8 Å². The summed E-state index contributed by atoms with van der Waals surface area (Å²) in [5.41, 5.74) is 12.6. The highest BCUT2D eigenvalue weighted by molar-refractivity contribution is 7.13. The summed E-state index contributed by atoms with van der Waals surface area (Å²) in [4.78, 5) is 72.6. The summed E-state index contributed by atoms with van der Waals surface area (Å²) in [5, 5.41) is 19.4. The fourth-order valence-corrected chi connectivity index (χ4v) is 7.75. The Hall–Kier alpha value is -5.44. The number of amides is 5. The summed E-state index contributed by atoms with van der Waals surface area (Å²) in [6.07, 6.45) is 1.35. The van der Waals surface area contributed by atoms with Crippen molar-refractivity contribution in [2.45, 2.75) is 104 Å². The standard InChI is InChI=1S/C45H57N7O6S/c1-7-24-47-51-42(56)34-18-14-31(15-19-34)32-20-22-35(23-21-32)49-38(54)10-8-9-11-39(55)50-41(45(4,5)6)44(58)52-26-36(53)25-37(52)43(57)48-28(2)30-12-16-33(17-13-30)40-29(3)46-27-59-40/h12-23,27-28,36-37,41,47,53H,7-11,24-26H2,1-6H3,(H,48,57)(H,49,54)(H,50,55)(H,51,56). The number of hydrogen-bond donors (Lipinski definition) is 6. The molecular formula is C45H57N7O6S. The Morgan fingerprint density at radius 2 is 1.47 bits per heavy atom. The lowest BCUT2D eigenvalue weighted by atomic mass is 9.85. The summed E-state index contributed by atoms with van der Waals surface area (Å²) < 4.78 is 0. The number of unbranched alkanes of at least 4 members (excludes halogenated alkanes) is 1. The van der Waals surface area contributed by atoms with Gasteiger partial charge in [-0.1, -0.05) is 76.2 Å². The van der Waals surface area contributed by atoms with Gasteiger partial charge in [-0.15, -0.1) is 11.3 Å². The van der Waals surface area contributed by atoms with Gasteiger partial charge in [0.1, 0.15) is 12.1 Å². The second-order valence-electron chi connectivity index (χ2n) is 16.2. The minimum absolute atomic E-state index is 0.0149. The number of aryl methyl sites for hydroxylation is 1. The second kappa shape index (κ2) is 20.5. The molecule has 1 aromatic heterocycles. The van der Waals surface area contributed by atoms with Crippen molar-refractivity contribution in [1.29, 1.82) is 0 Å². The number of rotatable bonds is 17. The molecule has 314 valence electrons. The highest BCUT2D eigenvalue weighted by Gasteiger charge is 2.44. The minimum Gasteiger partial charge on any atom is -0.391 e. The van der Waals surface area contributed by atoms with Crippen molar-refractivity contribution in [3.05, 3.63) is 95.1 Å². The van der Waals surface area contributed by atoms with Gasteiger partial charge in [0.25, 0.3) is 5.91 Å². The molecule has 1 aliphatic rings. The molecule has 13 nitrogen and oxygen atoms in total. The molecule has 0 radical (unpaired) electrons. The van der Waals surface area contributed by atoms with E-state index in [4.69, 9.17) is 0 Å². The van der Waals surface area contributed by atoms with Gasteiger partial charge in [0.2, 0.25) is 23.6 Å². The first-order chi connectivity index (χ1) is 28.1. The topological polar surface area (TPSA) is 182 Å². The number of hydrogen-bond acceptors (Lipinski definition) is 9. The molecule has 14 heteroatoms. The van der Waals surface area contributed by atoms with Crippen LogP contribution in [-0.2, 0) is 19.2 Å². The molecule has 5 rings (SSSR count). The minimum atomic E-state index is -0.938. The molecule has 1 saturated heterocycles. The fraction of sp³-hybridized carbons (Fsp3) is 0.422. The maximum Gasteiger partial charge on any atom is 0.265 e. The number of carbonyl (C=O) groups excluding carboxylic acids is 5. The van der Waals surface area contributed by atoms with Crippen LogP contribution in [0.15, 0.2) is 78.3 Å². The monoisotopic (exact) mass is 823 g/mol. The number of aliphatic hydroxyl groups is 1. The fourth-order valence-electron chi connectivity index (χ4n) is 6.94. The summed E-state index contributed by atoms with van der Waals surface area (Å²) in [6, 6.07) is 20.4. The molecule has 4 atom stereocenters. The Bertz CT molecular complexity index is 2060. The van der Waals surface area contributed by atoms with Gasteiger partial charge in [-0.3, -0.25) is 29.4 Å². The number of thiazole rings is 1. The summed E-state index contributed by atoms with van der Waals surface area (Å²) in [5.74, 6) is -1.50. The van der Waals surface area contributed by atoms with E-state index >= 15 is 0 Å². The van der Waals surface area contributed by atoms with E-state index in [9.17, 15) is 29.1 Å². The lowest BCUT2D eigenvalue weighted by Gasteiger charge is -2.35. The number of nitrogens with one attached hydrogen (secondary N) is 5. The van der Waals surface area contributed by atoms with Crippen LogP contribution in [0, 0.1) is 12.3 Å². The number of aliphatic hydroxyl groups excluding tert-OH is 1.